The Hall–Kier alpha value is -0.730. The van der Waals surface area contributed by atoms with E-state index in [-0.39, 0.29) is 5.38 Å². The van der Waals surface area contributed by atoms with Gasteiger partial charge in [-0.2, -0.15) is 0 Å². The van der Waals surface area contributed by atoms with Crippen LogP contribution in [-0.2, 0) is 0 Å². The molecular weight excluding hydrogens is 270 g/mol. The summed E-state index contributed by atoms with van der Waals surface area (Å²) in [6.45, 7) is 9.18. The summed E-state index contributed by atoms with van der Waals surface area (Å²) in [7, 11) is 0. The van der Waals surface area contributed by atoms with Crippen LogP contribution < -0.4 is 4.74 Å². The minimum Gasteiger partial charge on any atom is -0.494 e. The lowest BCUT2D eigenvalue weighted by atomic mass is 10.0. The molecule has 0 amide bonds. The number of alkyl halides is 1. The van der Waals surface area contributed by atoms with E-state index in [0.29, 0.717) is 12.6 Å². The molecule has 20 heavy (non-hydrogen) atoms. The van der Waals surface area contributed by atoms with E-state index in [4.69, 9.17) is 16.3 Å². The van der Waals surface area contributed by atoms with E-state index in [1.807, 2.05) is 13.0 Å². The minimum atomic E-state index is -0.00278. The van der Waals surface area contributed by atoms with Crippen LogP contribution in [0.15, 0.2) is 18.2 Å². The molecule has 0 spiro atoms. The molecule has 1 aliphatic heterocycles. The van der Waals surface area contributed by atoms with E-state index < -0.39 is 0 Å². The van der Waals surface area contributed by atoms with Crippen molar-refractivity contribution in [3.63, 3.8) is 0 Å². The second-order valence-corrected chi connectivity index (χ2v) is 6.31. The summed E-state index contributed by atoms with van der Waals surface area (Å²) in [5.74, 6) is 0.933. The molecule has 0 aromatic heterocycles. The first-order chi connectivity index (χ1) is 9.61. The van der Waals surface area contributed by atoms with Gasteiger partial charge in [-0.25, -0.2) is 0 Å². The summed E-state index contributed by atoms with van der Waals surface area (Å²) in [4.78, 5) is 2.51. The lowest BCUT2D eigenvalue weighted by Gasteiger charge is -2.34. The van der Waals surface area contributed by atoms with Gasteiger partial charge in [0.05, 0.1) is 12.0 Å². The molecule has 2 unspecified atom stereocenters. The first-order valence-corrected chi connectivity index (χ1v) is 8.17. The quantitative estimate of drug-likeness (QED) is 0.739. The smallest absolute Gasteiger partial charge is 0.124 e. The van der Waals surface area contributed by atoms with Crippen LogP contribution in [0.5, 0.6) is 5.75 Å². The van der Waals surface area contributed by atoms with Crippen LogP contribution in [0, 0.1) is 6.92 Å². The fourth-order valence-corrected chi connectivity index (χ4v) is 3.28. The van der Waals surface area contributed by atoms with Crippen molar-refractivity contribution in [1.29, 1.82) is 0 Å². The van der Waals surface area contributed by atoms with Crippen LogP contribution in [0.4, 0.5) is 0 Å². The number of ether oxygens (including phenoxy) is 1. The van der Waals surface area contributed by atoms with Gasteiger partial charge in [0, 0.05) is 18.2 Å². The first-order valence-electron chi connectivity index (χ1n) is 7.73. The van der Waals surface area contributed by atoms with Gasteiger partial charge in [0.15, 0.2) is 0 Å². The van der Waals surface area contributed by atoms with E-state index in [2.05, 4.69) is 30.9 Å². The fourth-order valence-electron chi connectivity index (χ4n) is 2.93. The molecule has 1 aromatic rings. The molecule has 2 nitrogen and oxygen atoms in total. The molecule has 0 bridgehead atoms. The number of aryl methyl sites for hydroxylation is 1. The Morgan fingerprint density at radius 2 is 2.20 bits per heavy atom. The summed E-state index contributed by atoms with van der Waals surface area (Å²) < 4.78 is 5.73. The fraction of sp³-hybridized carbons (Fsp3) is 0.647. The number of hydrogen-bond acceptors (Lipinski definition) is 2. The molecule has 0 N–H and O–H groups in total. The van der Waals surface area contributed by atoms with Crippen molar-refractivity contribution in [2.24, 2.45) is 0 Å². The van der Waals surface area contributed by atoms with Crippen LogP contribution in [-0.4, -0.2) is 30.6 Å². The van der Waals surface area contributed by atoms with Crippen LogP contribution in [0.25, 0.3) is 0 Å². The zero-order chi connectivity index (χ0) is 14.5. The van der Waals surface area contributed by atoms with Crippen LogP contribution in [0.1, 0.15) is 49.6 Å². The molecule has 3 heteroatoms. The largest absolute Gasteiger partial charge is 0.494 e. The second-order valence-electron chi connectivity index (χ2n) is 5.78. The molecule has 1 fully saturated rings. The monoisotopic (exact) mass is 295 g/mol. The molecule has 1 heterocycles. The molecule has 0 radical (unpaired) electrons. The average Bonchev–Trinajstić information content (AvgIpc) is 2.43. The molecule has 2 atom stereocenters. The highest BCUT2D eigenvalue weighted by Crippen LogP contribution is 2.32. The van der Waals surface area contributed by atoms with E-state index in [0.717, 1.165) is 17.9 Å². The molecule has 2 rings (SSSR count). The van der Waals surface area contributed by atoms with Gasteiger partial charge in [0.25, 0.3) is 0 Å². The predicted octanol–water partition coefficient (Wildman–Crippen LogP) is 4.55. The van der Waals surface area contributed by atoms with Gasteiger partial charge in [0.1, 0.15) is 5.75 Å². The predicted molar refractivity (Wildman–Crippen MR) is 85.8 cm³/mol. The Morgan fingerprint density at radius 1 is 1.40 bits per heavy atom. The van der Waals surface area contributed by atoms with Gasteiger partial charge in [-0.15, -0.1) is 11.6 Å². The Balaban J connectivity index is 2.11. The average molecular weight is 296 g/mol. The van der Waals surface area contributed by atoms with E-state index in [9.17, 15) is 0 Å². The van der Waals surface area contributed by atoms with Gasteiger partial charge in [-0.05, 0) is 46.2 Å². The normalized spacial score (nSPS) is 21.7. The van der Waals surface area contributed by atoms with Crippen LogP contribution >= 0.6 is 11.6 Å². The number of likely N-dealkylation sites (tertiary alicyclic amines) is 1. The summed E-state index contributed by atoms with van der Waals surface area (Å²) in [6, 6.07) is 6.94. The van der Waals surface area contributed by atoms with E-state index >= 15 is 0 Å². The maximum absolute atomic E-state index is 6.70. The number of hydrogen-bond donors (Lipinski definition) is 0. The number of rotatable bonds is 5. The van der Waals surface area contributed by atoms with Gasteiger partial charge in [0.2, 0.25) is 0 Å². The summed E-state index contributed by atoms with van der Waals surface area (Å²) >= 11 is 6.70. The van der Waals surface area contributed by atoms with Gasteiger partial charge in [-0.1, -0.05) is 24.1 Å². The van der Waals surface area contributed by atoms with Gasteiger partial charge >= 0.3 is 0 Å². The zero-order valence-electron chi connectivity index (χ0n) is 12.9. The Bertz CT molecular complexity index is 435. The van der Waals surface area contributed by atoms with E-state index in [1.165, 1.54) is 31.4 Å². The highest BCUT2D eigenvalue weighted by molar-refractivity contribution is 6.21. The van der Waals surface area contributed by atoms with E-state index in [1.54, 1.807) is 0 Å². The van der Waals surface area contributed by atoms with Crippen LogP contribution in [0.2, 0.25) is 0 Å². The summed E-state index contributed by atoms with van der Waals surface area (Å²) in [5, 5.41) is -0.00278. The van der Waals surface area contributed by atoms with Crippen molar-refractivity contribution < 1.29 is 4.74 Å². The van der Waals surface area contributed by atoms with Gasteiger partial charge in [-0.3, -0.25) is 4.90 Å². The Kier molecular flexibility index (Phi) is 5.74. The first kappa shape index (κ1) is 15.7. The van der Waals surface area contributed by atoms with Crippen molar-refractivity contribution in [2.45, 2.75) is 51.5 Å². The Morgan fingerprint density at radius 3 is 2.90 bits per heavy atom. The zero-order valence-corrected chi connectivity index (χ0v) is 13.6. The second kappa shape index (κ2) is 7.33. The lowest BCUT2D eigenvalue weighted by molar-refractivity contribution is 0.160. The molecule has 112 valence electrons. The topological polar surface area (TPSA) is 12.5 Å². The molecule has 0 aliphatic carbocycles. The van der Waals surface area contributed by atoms with Crippen molar-refractivity contribution >= 4 is 11.6 Å². The minimum absolute atomic E-state index is 0.00278. The summed E-state index contributed by atoms with van der Waals surface area (Å²) in [5.41, 5.74) is 2.37. The van der Waals surface area contributed by atoms with Crippen molar-refractivity contribution in [3.05, 3.63) is 29.3 Å². The van der Waals surface area contributed by atoms with Crippen molar-refractivity contribution in [1.82, 2.24) is 4.90 Å². The van der Waals surface area contributed by atoms with Crippen LogP contribution in [0.3, 0.4) is 0 Å². The molecular formula is C17H26ClNO. The lowest BCUT2D eigenvalue weighted by Crippen LogP contribution is -2.39. The molecule has 1 saturated heterocycles. The molecule has 1 aromatic carbocycles. The third-order valence-electron chi connectivity index (χ3n) is 4.14. The number of halogens is 1. The molecule has 1 aliphatic rings. The third-order valence-corrected chi connectivity index (χ3v) is 4.51. The van der Waals surface area contributed by atoms with Crippen molar-refractivity contribution in [2.75, 3.05) is 19.7 Å². The Labute approximate surface area is 128 Å². The van der Waals surface area contributed by atoms with Gasteiger partial charge < -0.3 is 4.74 Å². The molecule has 0 saturated carbocycles. The highest BCUT2D eigenvalue weighted by Gasteiger charge is 2.23. The standard InChI is InChI=1S/C17H26ClNO/c1-4-20-17-9-8-13(2)11-15(17)16(18)12-19-10-6-5-7-14(19)3/h8-9,11,14,16H,4-7,10,12H2,1-3H3. The maximum Gasteiger partial charge on any atom is 0.124 e. The number of benzene rings is 1. The number of piperidine rings is 1. The SMILES string of the molecule is CCOc1ccc(C)cc1C(Cl)CN1CCCCC1C. The highest BCUT2D eigenvalue weighted by atomic mass is 35.5. The number of nitrogens with zero attached hydrogens (tertiary/aromatic N) is 1. The third kappa shape index (κ3) is 3.89. The van der Waals surface area contributed by atoms with Crippen molar-refractivity contribution in [3.8, 4) is 5.75 Å². The maximum atomic E-state index is 6.70. The summed E-state index contributed by atoms with van der Waals surface area (Å²) in [6.07, 6.45) is 3.93.